The molecule has 0 aliphatic carbocycles. The number of methoxy groups -OCH3 is 2. The Morgan fingerprint density at radius 3 is 1.93 bits per heavy atom. The first-order valence-corrected chi connectivity index (χ1v) is 8.30. The van der Waals surface area contributed by atoms with E-state index < -0.39 is 0 Å². The van der Waals surface area contributed by atoms with Crippen LogP contribution in [0.25, 0.3) is 33.4 Å². The van der Waals surface area contributed by atoms with Crippen LogP contribution >= 0.6 is 0 Å². The van der Waals surface area contributed by atoms with Crippen molar-refractivity contribution in [1.29, 1.82) is 0 Å². The molecule has 0 saturated heterocycles. The van der Waals surface area contributed by atoms with E-state index >= 15 is 0 Å². The van der Waals surface area contributed by atoms with Gasteiger partial charge in [0.25, 0.3) is 0 Å². The topological polar surface area (TPSA) is 90.5 Å². The first kappa shape index (κ1) is 17.0. The highest BCUT2D eigenvalue weighted by atomic mass is 16.6. The summed E-state index contributed by atoms with van der Waals surface area (Å²) < 4.78 is 15.4. The van der Waals surface area contributed by atoms with Gasteiger partial charge in [-0.25, -0.2) is 9.61 Å². The first-order chi connectivity index (χ1) is 13.2. The number of aliphatic hydroxyl groups excluding tert-OH is 1. The van der Waals surface area contributed by atoms with E-state index in [4.69, 9.17) is 14.1 Å². The third-order valence-electron chi connectivity index (χ3n) is 4.38. The lowest BCUT2D eigenvalue weighted by Gasteiger charge is -2.11. The zero-order valence-corrected chi connectivity index (χ0v) is 14.8. The number of hydrogen-bond acceptors (Lipinski definition) is 7. The van der Waals surface area contributed by atoms with E-state index in [1.54, 1.807) is 14.2 Å². The van der Waals surface area contributed by atoms with Gasteiger partial charge in [-0.15, -0.1) is 0 Å². The zero-order chi connectivity index (χ0) is 18.8. The van der Waals surface area contributed by atoms with Gasteiger partial charge >= 0.3 is 0 Å². The predicted molar refractivity (Wildman–Crippen MR) is 99.5 cm³/mol. The van der Waals surface area contributed by atoms with E-state index in [1.165, 1.54) is 0 Å². The molecule has 7 nitrogen and oxygen atoms in total. The van der Waals surface area contributed by atoms with Gasteiger partial charge in [-0.05, 0) is 52.3 Å². The van der Waals surface area contributed by atoms with Gasteiger partial charge in [0.05, 0.1) is 26.5 Å². The molecule has 4 aromatic rings. The molecular formula is C20H17N3O4. The van der Waals surface area contributed by atoms with Crippen LogP contribution in [0.4, 0.5) is 0 Å². The summed E-state index contributed by atoms with van der Waals surface area (Å²) in [7, 11) is 3.22. The highest BCUT2D eigenvalue weighted by molar-refractivity contribution is 5.99. The minimum atomic E-state index is -0.243. The average Bonchev–Trinajstić information content (AvgIpc) is 3.22. The van der Waals surface area contributed by atoms with Gasteiger partial charge in [-0.2, -0.15) is 0 Å². The van der Waals surface area contributed by atoms with Crippen LogP contribution in [-0.4, -0.2) is 34.6 Å². The molecule has 0 aliphatic heterocycles. The Hall–Kier alpha value is -3.45. The standard InChI is InChI=1S/C20H17N3O4/c1-25-14-7-3-12(4-8-14)17-16(11-24)21-18(20-19(17)22-27-23-20)13-5-9-15(26-2)10-6-13/h3-10,24H,11H2,1-2H3. The monoisotopic (exact) mass is 363 g/mol. The van der Waals surface area contributed by atoms with Crippen molar-refractivity contribution in [1.82, 2.24) is 15.3 Å². The van der Waals surface area contributed by atoms with Crippen molar-refractivity contribution >= 4 is 11.0 Å². The number of ether oxygens (including phenoxy) is 2. The molecule has 27 heavy (non-hydrogen) atoms. The van der Waals surface area contributed by atoms with Crippen LogP contribution in [0.1, 0.15) is 5.69 Å². The minimum Gasteiger partial charge on any atom is -0.497 e. The Morgan fingerprint density at radius 2 is 1.37 bits per heavy atom. The van der Waals surface area contributed by atoms with E-state index in [2.05, 4.69) is 15.3 Å². The van der Waals surface area contributed by atoms with Crippen LogP contribution in [-0.2, 0) is 6.61 Å². The lowest BCUT2D eigenvalue weighted by Crippen LogP contribution is -1.99. The summed E-state index contributed by atoms with van der Waals surface area (Å²) in [5.41, 5.74) is 4.52. The Kier molecular flexibility index (Phi) is 4.43. The normalized spacial score (nSPS) is 10.9. The second-order valence-corrected chi connectivity index (χ2v) is 5.86. The fourth-order valence-electron chi connectivity index (χ4n) is 3.01. The SMILES string of the molecule is COc1ccc(-c2nc(CO)c(-c3ccc(OC)cc3)c3nonc23)cc1. The smallest absolute Gasteiger partial charge is 0.162 e. The van der Waals surface area contributed by atoms with Crippen molar-refractivity contribution in [3.63, 3.8) is 0 Å². The number of benzene rings is 2. The summed E-state index contributed by atoms with van der Waals surface area (Å²) in [6.45, 7) is -0.243. The average molecular weight is 363 g/mol. The third kappa shape index (κ3) is 2.98. The molecule has 0 aliphatic rings. The van der Waals surface area contributed by atoms with Crippen LogP contribution in [0.5, 0.6) is 11.5 Å². The zero-order valence-electron chi connectivity index (χ0n) is 14.8. The molecule has 0 radical (unpaired) electrons. The fourth-order valence-corrected chi connectivity index (χ4v) is 3.01. The van der Waals surface area contributed by atoms with Crippen molar-refractivity contribution < 1.29 is 19.2 Å². The first-order valence-electron chi connectivity index (χ1n) is 8.30. The van der Waals surface area contributed by atoms with Gasteiger partial charge in [0.15, 0.2) is 5.52 Å². The van der Waals surface area contributed by atoms with Gasteiger partial charge in [0, 0.05) is 11.1 Å². The third-order valence-corrected chi connectivity index (χ3v) is 4.38. The van der Waals surface area contributed by atoms with Crippen LogP contribution in [0, 0.1) is 0 Å². The van der Waals surface area contributed by atoms with Gasteiger partial charge < -0.3 is 14.6 Å². The maximum atomic E-state index is 9.95. The maximum Gasteiger partial charge on any atom is 0.162 e. The number of pyridine rings is 1. The predicted octanol–water partition coefficient (Wildman–Crippen LogP) is 3.46. The second kappa shape index (κ2) is 7.05. The van der Waals surface area contributed by atoms with Crippen LogP contribution in [0.3, 0.4) is 0 Å². The summed E-state index contributed by atoms with van der Waals surface area (Å²) in [5.74, 6) is 1.48. The van der Waals surface area contributed by atoms with E-state index in [1.807, 2.05) is 48.5 Å². The molecule has 2 heterocycles. The van der Waals surface area contributed by atoms with Crippen molar-refractivity contribution in [3.8, 4) is 33.9 Å². The molecule has 136 valence electrons. The molecule has 0 amide bonds. The Bertz CT molecular complexity index is 1070. The highest BCUT2D eigenvalue weighted by Gasteiger charge is 2.20. The van der Waals surface area contributed by atoms with E-state index in [9.17, 15) is 5.11 Å². The molecule has 0 spiro atoms. The Labute approximate surface area is 155 Å². The van der Waals surface area contributed by atoms with Crippen LogP contribution in [0.15, 0.2) is 53.2 Å². The Morgan fingerprint density at radius 1 is 0.815 bits per heavy atom. The minimum absolute atomic E-state index is 0.243. The van der Waals surface area contributed by atoms with Crippen LogP contribution in [0.2, 0.25) is 0 Å². The van der Waals surface area contributed by atoms with Gasteiger partial charge in [-0.3, -0.25) is 0 Å². The van der Waals surface area contributed by atoms with Crippen LogP contribution < -0.4 is 9.47 Å². The summed E-state index contributed by atoms with van der Waals surface area (Å²) in [4.78, 5) is 4.65. The van der Waals surface area contributed by atoms with E-state index in [0.29, 0.717) is 28.0 Å². The molecule has 0 saturated carbocycles. The molecule has 0 bridgehead atoms. The molecule has 0 atom stereocenters. The molecule has 0 fully saturated rings. The number of rotatable bonds is 5. The van der Waals surface area contributed by atoms with Gasteiger partial charge in [-0.1, -0.05) is 12.1 Å². The largest absolute Gasteiger partial charge is 0.497 e. The fraction of sp³-hybridized carbons (Fsp3) is 0.150. The number of aromatic nitrogens is 3. The van der Waals surface area contributed by atoms with E-state index in [-0.39, 0.29) is 6.61 Å². The lowest BCUT2D eigenvalue weighted by atomic mass is 9.99. The highest BCUT2D eigenvalue weighted by Crippen LogP contribution is 2.35. The molecule has 0 unspecified atom stereocenters. The number of hydrogen-bond donors (Lipinski definition) is 1. The number of aliphatic hydroxyl groups is 1. The van der Waals surface area contributed by atoms with E-state index in [0.717, 1.165) is 22.6 Å². The second-order valence-electron chi connectivity index (χ2n) is 5.86. The maximum absolute atomic E-state index is 9.95. The Balaban J connectivity index is 1.92. The van der Waals surface area contributed by atoms with Crippen molar-refractivity contribution in [2.45, 2.75) is 6.61 Å². The van der Waals surface area contributed by atoms with Crippen molar-refractivity contribution in [2.75, 3.05) is 14.2 Å². The molecular weight excluding hydrogens is 346 g/mol. The molecule has 1 N–H and O–H groups in total. The number of fused-ring (bicyclic) bond motifs is 1. The molecule has 4 rings (SSSR count). The molecule has 2 aromatic heterocycles. The summed E-state index contributed by atoms with van der Waals surface area (Å²) >= 11 is 0. The number of nitrogens with zero attached hydrogens (tertiary/aromatic N) is 3. The van der Waals surface area contributed by atoms with Crippen molar-refractivity contribution in [3.05, 3.63) is 54.2 Å². The summed E-state index contributed by atoms with van der Waals surface area (Å²) in [5, 5.41) is 18.1. The summed E-state index contributed by atoms with van der Waals surface area (Å²) in [6, 6.07) is 14.9. The van der Waals surface area contributed by atoms with Gasteiger partial charge in [0.1, 0.15) is 22.7 Å². The molecule has 7 heteroatoms. The van der Waals surface area contributed by atoms with Crippen molar-refractivity contribution in [2.24, 2.45) is 0 Å². The lowest BCUT2D eigenvalue weighted by molar-refractivity contribution is 0.278. The molecule has 2 aromatic carbocycles. The quantitative estimate of drug-likeness (QED) is 0.580. The summed E-state index contributed by atoms with van der Waals surface area (Å²) in [6.07, 6.45) is 0. The van der Waals surface area contributed by atoms with Gasteiger partial charge in [0.2, 0.25) is 0 Å².